The van der Waals surface area contributed by atoms with Crippen LogP contribution in [0.5, 0.6) is 5.75 Å². The van der Waals surface area contributed by atoms with Gasteiger partial charge in [0.1, 0.15) is 40.7 Å². The summed E-state index contributed by atoms with van der Waals surface area (Å²) in [4.78, 5) is 58.5. The number of esters is 1. The number of oxime groups is 1. The number of nitrogens with zero attached hydrogens (tertiary/aromatic N) is 4. The molecule has 0 aliphatic heterocycles. The molecule has 1 aromatic carbocycles. The number of hydrogen-bond acceptors (Lipinski definition) is 12. The lowest BCUT2D eigenvalue weighted by Gasteiger charge is -2.23. The van der Waals surface area contributed by atoms with Gasteiger partial charge in [-0.05, 0) is 80.9 Å². The fraction of sp³-hybridized carbons (Fsp3) is 0.514. The highest BCUT2D eigenvalue weighted by molar-refractivity contribution is 7.14. The molecule has 290 valence electrons. The number of amides is 2. The van der Waals surface area contributed by atoms with E-state index in [0.29, 0.717) is 25.1 Å². The number of carbonyl (C=O) groups is 4. The zero-order valence-corrected chi connectivity index (χ0v) is 32.4. The Morgan fingerprint density at radius 1 is 1.00 bits per heavy atom. The van der Waals surface area contributed by atoms with Crippen molar-refractivity contribution in [3.8, 4) is 16.9 Å². The third-order valence-electron chi connectivity index (χ3n) is 6.40. The summed E-state index contributed by atoms with van der Waals surface area (Å²) in [7, 11) is 1.81. The number of carboxylic acid groups (broad SMARTS) is 1. The molecule has 2 amide bonds. The van der Waals surface area contributed by atoms with Crippen molar-refractivity contribution >= 4 is 46.3 Å². The zero-order valence-electron chi connectivity index (χ0n) is 31.6. The SMILES string of the molecule is C[n+]1cc(-c2ccc(OC[C@H](O/N=C(\C(=O)O)c3csc(NC(=O)OC(C)(C)C)n3)C(=O)OC(C)(C)C)cc2F)cn1CCCNC(=O)OC(C)(C)C. The van der Waals surface area contributed by atoms with Gasteiger partial charge in [-0.3, -0.25) is 5.32 Å². The van der Waals surface area contributed by atoms with E-state index in [9.17, 15) is 24.3 Å². The molecule has 0 spiro atoms. The van der Waals surface area contributed by atoms with E-state index in [0.717, 1.165) is 17.4 Å². The Morgan fingerprint density at radius 3 is 2.25 bits per heavy atom. The Hall–Kier alpha value is -5.26. The predicted molar refractivity (Wildman–Crippen MR) is 192 cm³/mol. The van der Waals surface area contributed by atoms with Crippen molar-refractivity contribution in [1.82, 2.24) is 15.0 Å². The number of aliphatic carboxylic acids is 1. The molecule has 2 heterocycles. The van der Waals surface area contributed by atoms with E-state index in [-0.39, 0.29) is 22.1 Å². The summed E-state index contributed by atoms with van der Waals surface area (Å²) in [6.45, 7) is 15.7. The van der Waals surface area contributed by atoms with Gasteiger partial charge in [-0.15, -0.1) is 16.0 Å². The van der Waals surface area contributed by atoms with Crippen LogP contribution in [0.1, 0.15) is 74.4 Å². The number of anilines is 1. The highest BCUT2D eigenvalue weighted by Crippen LogP contribution is 2.26. The van der Waals surface area contributed by atoms with Crippen molar-refractivity contribution in [3.63, 3.8) is 0 Å². The van der Waals surface area contributed by atoms with Gasteiger partial charge in [0.05, 0.1) is 18.3 Å². The first-order valence-corrected chi connectivity index (χ1v) is 17.5. The standard InChI is InChI=1S/C35H47FN6O10S/c1-33(2,3)49-29(45)26(52-40-27(28(43)44)25-20-53-30(38-25)39-32(47)51-35(7,8)9)19-48-22-12-13-23(24(36)16-22)21-17-41(10)42(18-21)15-11-14-37-31(46)50-34(4,5)6/h12-13,16-18,20,26H,11,14-15,19H2,1-10H3,(H2-,37,38,39,43,44,46,47)/p+1/b40-27-/t26-/m0/s1. The van der Waals surface area contributed by atoms with Gasteiger partial charge in [-0.25, -0.2) is 28.6 Å². The quantitative estimate of drug-likeness (QED) is 0.0474. The summed E-state index contributed by atoms with van der Waals surface area (Å²) in [5, 5.41) is 20.0. The summed E-state index contributed by atoms with van der Waals surface area (Å²) in [5.41, 5.74) is -2.24. The number of hydrogen-bond donors (Lipinski definition) is 3. The average Bonchev–Trinajstić information content (AvgIpc) is 3.59. The molecule has 0 aliphatic carbocycles. The molecule has 2 aromatic heterocycles. The van der Waals surface area contributed by atoms with Gasteiger partial charge >= 0.3 is 24.1 Å². The zero-order chi connectivity index (χ0) is 39.7. The van der Waals surface area contributed by atoms with Gasteiger partial charge in [0.2, 0.25) is 11.9 Å². The van der Waals surface area contributed by atoms with Gasteiger partial charge in [-0.1, -0.05) is 5.16 Å². The molecule has 3 N–H and O–H groups in total. The molecule has 0 saturated carbocycles. The van der Waals surface area contributed by atoms with Crippen LogP contribution in [0, 0.1) is 5.82 Å². The molecule has 0 fully saturated rings. The first-order chi connectivity index (χ1) is 24.5. The molecule has 1 atom stereocenters. The Labute approximate surface area is 311 Å². The number of thiazole rings is 1. The number of rotatable bonds is 14. The average molecular weight is 764 g/mol. The molecule has 0 aliphatic rings. The van der Waals surface area contributed by atoms with E-state index in [4.69, 9.17) is 23.8 Å². The van der Waals surface area contributed by atoms with Crippen molar-refractivity contribution in [1.29, 1.82) is 0 Å². The molecular formula is C35H48FN6O10S+. The molecular weight excluding hydrogens is 715 g/mol. The van der Waals surface area contributed by atoms with Gasteiger partial charge < -0.3 is 34.2 Å². The summed E-state index contributed by atoms with van der Waals surface area (Å²) in [6, 6.07) is 4.17. The van der Waals surface area contributed by atoms with Crippen LogP contribution in [0.15, 0.2) is 41.1 Å². The van der Waals surface area contributed by atoms with E-state index in [1.807, 2.05) is 11.7 Å². The topological polar surface area (TPSA) is 193 Å². The Balaban J connectivity index is 1.71. The first-order valence-electron chi connectivity index (χ1n) is 16.6. The lowest BCUT2D eigenvalue weighted by molar-refractivity contribution is -0.753. The second-order valence-corrected chi connectivity index (χ2v) is 15.6. The minimum absolute atomic E-state index is 0.0404. The van der Waals surface area contributed by atoms with E-state index in [2.05, 4.69) is 20.8 Å². The number of alkyl carbamates (subject to hydrolysis) is 1. The highest BCUT2D eigenvalue weighted by Gasteiger charge is 2.30. The fourth-order valence-corrected chi connectivity index (χ4v) is 4.99. The molecule has 53 heavy (non-hydrogen) atoms. The molecule has 0 saturated heterocycles. The van der Waals surface area contributed by atoms with E-state index >= 15 is 4.39 Å². The van der Waals surface area contributed by atoms with Crippen LogP contribution < -0.4 is 20.1 Å². The number of nitrogens with one attached hydrogen (secondary N) is 2. The Bertz CT molecular complexity index is 1800. The Kier molecular flexibility index (Phi) is 13.9. The third kappa shape index (κ3) is 14.4. The Morgan fingerprint density at radius 2 is 1.64 bits per heavy atom. The summed E-state index contributed by atoms with van der Waals surface area (Å²) in [5.74, 6) is -2.99. The van der Waals surface area contributed by atoms with Crippen molar-refractivity contribution < 1.29 is 57.1 Å². The lowest BCUT2D eigenvalue weighted by atomic mass is 10.1. The normalized spacial score (nSPS) is 12.8. The number of aryl methyl sites for hydroxylation is 2. The van der Waals surface area contributed by atoms with Crippen LogP contribution in [0.4, 0.5) is 19.1 Å². The van der Waals surface area contributed by atoms with Gasteiger partial charge in [0.15, 0.2) is 12.2 Å². The molecule has 0 unspecified atom stereocenters. The van der Waals surface area contributed by atoms with E-state index in [1.165, 1.54) is 17.5 Å². The summed E-state index contributed by atoms with van der Waals surface area (Å²) >= 11 is 0.920. The maximum absolute atomic E-state index is 15.4. The van der Waals surface area contributed by atoms with Crippen LogP contribution in [0.25, 0.3) is 11.1 Å². The number of carbonyl (C=O) groups excluding carboxylic acids is 3. The van der Waals surface area contributed by atoms with E-state index < -0.39 is 65.2 Å². The maximum Gasteiger partial charge on any atom is 0.413 e. The third-order valence-corrected chi connectivity index (χ3v) is 7.16. The van der Waals surface area contributed by atoms with Crippen LogP contribution in [0.3, 0.4) is 0 Å². The summed E-state index contributed by atoms with van der Waals surface area (Å²) in [6.07, 6.45) is 1.28. The van der Waals surface area contributed by atoms with Gasteiger partial charge in [0.25, 0.3) is 6.10 Å². The monoisotopic (exact) mass is 763 g/mol. The second-order valence-electron chi connectivity index (χ2n) is 14.7. The maximum atomic E-state index is 15.4. The number of benzene rings is 1. The molecule has 3 aromatic rings. The van der Waals surface area contributed by atoms with Crippen LogP contribution in [-0.2, 0) is 42.2 Å². The number of ether oxygens (including phenoxy) is 4. The van der Waals surface area contributed by atoms with Crippen molar-refractivity contribution in [2.24, 2.45) is 12.2 Å². The number of carboxylic acids is 1. The first kappa shape index (κ1) is 42.2. The molecule has 3 rings (SSSR count). The van der Waals surface area contributed by atoms with Gasteiger partial charge in [0, 0.05) is 23.6 Å². The number of halogens is 1. The minimum Gasteiger partial charge on any atom is -0.489 e. The summed E-state index contributed by atoms with van der Waals surface area (Å²) < 4.78 is 40.6. The van der Waals surface area contributed by atoms with Crippen molar-refractivity contribution in [2.75, 3.05) is 18.5 Å². The fourth-order valence-electron chi connectivity index (χ4n) is 4.31. The molecule has 18 heteroatoms. The minimum atomic E-state index is -1.57. The lowest BCUT2D eigenvalue weighted by Crippen LogP contribution is -2.39. The van der Waals surface area contributed by atoms with Crippen molar-refractivity contribution in [3.05, 3.63) is 47.5 Å². The molecule has 16 nitrogen and oxygen atoms in total. The largest absolute Gasteiger partial charge is 0.489 e. The highest BCUT2D eigenvalue weighted by atomic mass is 32.1. The smallest absolute Gasteiger partial charge is 0.413 e. The number of aromatic nitrogens is 3. The predicted octanol–water partition coefficient (Wildman–Crippen LogP) is 5.43. The van der Waals surface area contributed by atoms with Gasteiger partial charge in [-0.2, -0.15) is 4.68 Å². The second kappa shape index (κ2) is 17.5. The van der Waals surface area contributed by atoms with Crippen molar-refractivity contribution in [2.45, 2.75) is 98.2 Å². The van der Waals surface area contributed by atoms with E-state index in [1.54, 1.807) is 79.4 Å². The molecule has 0 radical (unpaired) electrons. The molecule has 0 bridgehead atoms. The van der Waals surface area contributed by atoms with Crippen LogP contribution in [-0.4, -0.2) is 80.7 Å². The van der Waals surface area contributed by atoms with Crippen LogP contribution in [0.2, 0.25) is 0 Å². The van der Waals surface area contributed by atoms with Crippen LogP contribution >= 0.6 is 11.3 Å².